The van der Waals surface area contributed by atoms with Crippen molar-refractivity contribution in [2.45, 2.75) is 20.4 Å². The van der Waals surface area contributed by atoms with E-state index in [1.165, 1.54) is 4.88 Å². The van der Waals surface area contributed by atoms with Crippen LogP contribution >= 0.6 is 11.3 Å². The number of nitrogens with zero attached hydrogens (tertiary/aromatic N) is 3. The van der Waals surface area contributed by atoms with E-state index >= 15 is 0 Å². The fourth-order valence-electron chi connectivity index (χ4n) is 1.31. The number of ether oxygens (including phenoxy) is 1. The zero-order chi connectivity index (χ0) is 12.1. The molecule has 1 N–H and O–H groups in total. The molecule has 0 spiro atoms. The van der Waals surface area contributed by atoms with Crippen LogP contribution < -0.4 is 10.1 Å². The van der Waals surface area contributed by atoms with E-state index in [4.69, 9.17) is 4.74 Å². The first-order chi connectivity index (χ1) is 8.29. The van der Waals surface area contributed by atoms with Crippen LogP contribution in [0.25, 0.3) is 0 Å². The molecule has 0 amide bonds. The molecule has 0 unspecified atom stereocenters. The maximum atomic E-state index is 5.31. The van der Waals surface area contributed by atoms with E-state index in [1.807, 2.05) is 19.4 Å². The van der Waals surface area contributed by atoms with Gasteiger partial charge in [0.2, 0.25) is 11.8 Å². The Balaban J connectivity index is 1.99. The summed E-state index contributed by atoms with van der Waals surface area (Å²) in [7, 11) is 0. The van der Waals surface area contributed by atoms with Gasteiger partial charge in [-0.15, -0.1) is 11.3 Å². The third kappa shape index (κ3) is 3.13. The Hall–Kier alpha value is -1.69. The third-order valence-corrected chi connectivity index (χ3v) is 3.11. The molecule has 6 heteroatoms. The van der Waals surface area contributed by atoms with Gasteiger partial charge in [0.1, 0.15) is 0 Å². The average molecular weight is 250 g/mol. The lowest BCUT2D eigenvalue weighted by Gasteiger charge is -2.05. The Labute approximate surface area is 104 Å². The van der Waals surface area contributed by atoms with Gasteiger partial charge < -0.3 is 10.1 Å². The largest absolute Gasteiger partial charge is 0.478 e. The molecule has 5 nitrogen and oxygen atoms in total. The van der Waals surface area contributed by atoms with Gasteiger partial charge in [0.15, 0.2) is 0 Å². The van der Waals surface area contributed by atoms with Crippen LogP contribution in [0.5, 0.6) is 5.88 Å². The number of anilines is 1. The zero-order valence-corrected chi connectivity index (χ0v) is 10.6. The van der Waals surface area contributed by atoms with E-state index < -0.39 is 0 Å². The summed E-state index contributed by atoms with van der Waals surface area (Å²) < 4.78 is 5.31. The van der Waals surface area contributed by atoms with Crippen molar-refractivity contribution in [2.24, 2.45) is 0 Å². The Bertz CT molecular complexity index is 486. The maximum absolute atomic E-state index is 5.31. The Morgan fingerprint density at radius 2 is 2.29 bits per heavy atom. The van der Waals surface area contributed by atoms with E-state index in [0.29, 0.717) is 25.0 Å². The number of aromatic nitrogens is 3. The maximum Gasteiger partial charge on any atom is 0.226 e. The van der Waals surface area contributed by atoms with Gasteiger partial charge in [0.25, 0.3) is 0 Å². The van der Waals surface area contributed by atoms with Crippen LogP contribution in [0.15, 0.2) is 17.8 Å². The molecule has 0 saturated heterocycles. The molecule has 17 heavy (non-hydrogen) atoms. The minimum Gasteiger partial charge on any atom is -0.478 e. The van der Waals surface area contributed by atoms with Gasteiger partial charge in [-0.2, -0.15) is 4.98 Å². The van der Waals surface area contributed by atoms with Crippen LogP contribution in [-0.4, -0.2) is 21.6 Å². The van der Waals surface area contributed by atoms with Crippen LogP contribution in [-0.2, 0) is 6.54 Å². The second-order valence-corrected chi connectivity index (χ2v) is 4.31. The van der Waals surface area contributed by atoms with Crippen molar-refractivity contribution in [2.75, 3.05) is 11.9 Å². The normalized spacial score (nSPS) is 10.2. The summed E-state index contributed by atoms with van der Waals surface area (Å²) >= 11 is 1.62. The molecule has 2 aromatic rings. The highest BCUT2D eigenvalue weighted by Crippen LogP contribution is 2.14. The Morgan fingerprint density at radius 1 is 1.41 bits per heavy atom. The summed E-state index contributed by atoms with van der Waals surface area (Å²) in [6, 6.07) is 1.74. The summed E-state index contributed by atoms with van der Waals surface area (Å²) in [4.78, 5) is 13.7. The van der Waals surface area contributed by atoms with Crippen molar-refractivity contribution in [3.63, 3.8) is 0 Å². The molecule has 0 radical (unpaired) electrons. The number of rotatable bonds is 5. The average Bonchev–Trinajstić information content (AvgIpc) is 2.73. The predicted octanol–water partition coefficient (Wildman–Crippen LogP) is 2.25. The van der Waals surface area contributed by atoms with Crippen molar-refractivity contribution < 1.29 is 4.74 Å². The minimum atomic E-state index is 0.573. The lowest BCUT2D eigenvalue weighted by atomic mass is 10.4. The molecular formula is C11H14N4OS. The Morgan fingerprint density at radius 3 is 3.00 bits per heavy atom. The van der Waals surface area contributed by atoms with Gasteiger partial charge in [-0.25, -0.2) is 9.97 Å². The molecule has 0 aliphatic rings. The first kappa shape index (κ1) is 11.8. The van der Waals surface area contributed by atoms with Crippen molar-refractivity contribution in [1.82, 2.24) is 15.0 Å². The van der Waals surface area contributed by atoms with Gasteiger partial charge >= 0.3 is 0 Å². The zero-order valence-electron chi connectivity index (χ0n) is 9.80. The highest BCUT2D eigenvalue weighted by molar-refractivity contribution is 7.09. The number of nitrogens with one attached hydrogen (secondary N) is 1. The second kappa shape index (κ2) is 5.58. The smallest absolute Gasteiger partial charge is 0.226 e. The highest BCUT2D eigenvalue weighted by Gasteiger charge is 2.03. The second-order valence-electron chi connectivity index (χ2n) is 3.37. The minimum absolute atomic E-state index is 0.573. The molecule has 0 saturated carbocycles. The van der Waals surface area contributed by atoms with Crippen LogP contribution in [0, 0.1) is 6.92 Å². The van der Waals surface area contributed by atoms with E-state index in [9.17, 15) is 0 Å². The Kier molecular flexibility index (Phi) is 3.87. The van der Waals surface area contributed by atoms with E-state index in [2.05, 4.69) is 20.3 Å². The summed E-state index contributed by atoms with van der Waals surface area (Å²) in [6.45, 7) is 5.21. The highest BCUT2D eigenvalue weighted by atomic mass is 32.1. The molecular weight excluding hydrogens is 236 g/mol. The number of thiazole rings is 1. The van der Waals surface area contributed by atoms with Crippen LogP contribution in [0.2, 0.25) is 0 Å². The third-order valence-electron chi connectivity index (χ3n) is 2.17. The van der Waals surface area contributed by atoms with Gasteiger partial charge in [-0.3, -0.25) is 0 Å². The molecule has 0 aliphatic heterocycles. The topological polar surface area (TPSA) is 59.9 Å². The molecule has 0 fully saturated rings. The molecule has 2 rings (SSSR count). The lowest BCUT2D eigenvalue weighted by Crippen LogP contribution is -2.04. The lowest BCUT2D eigenvalue weighted by molar-refractivity contribution is 0.326. The fourth-order valence-corrected chi connectivity index (χ4v) is 2.03. The first-order valence-electron chi connectivity index (χ1n) is 5.38. The van der Waals surface area contributed by atoms with Crippen molar-refractivity contribution in [3.05, 3.63) is 28.3 Å². The molecule has 90 valence electrons. The SMILES string of the molecule is CCOc1ccnc(NCc2scnc2C)n1. The summed E-state index contributed by atoms with van der Waals surface area (Å²) in [6.07, 6.45) is 1.68. The molecule has 0 aromatic carbocycles. The van der Waals surface area contributed by atoms with E-state index in [0.717, 1.165) is 5.69 Å². The molecule has 0 aliphatic carbocycles. The van der Waals surface area contributed by atoms with Crippen LogP contribution in [0.4, 0.5) is 5.95 Å². The number of hydrogen-bond donors (Lipinski definition) is 1. The number of hydrogen-bond acceptors (Lipinski definition) is 6. The van der Waals surface area contributed by atoms with Gasteiger partial charge in [0.05, 0.1) is 24.4 Å². The van der Waals surface area contributed by atoms with Crippen LogP contribution in [0.1, 0.15) is 17.5 Å². The standard InChI is InChI=1S/C11H14N4OS/c1-3-16-10-4-5-12-11(15-10)13-6-9-8(2)14-7-17-9/h4-5,7H,3,6H2,1-2H3,(H,12,13,15). The quantitative estimate of drug-likeness (QED) is 0.882. The van der Waals surface area contributed by atoms with E-state index in [-0.39, 0.29) is 0 Å². The van der Waals surface area contributed by atoms with Crippen LogP contribution in [0.3, 0.4) is 0 Å². The summed E-state index contributed by atoms with van der Waals surface area (Å²) in [5.41, 5.74) is 2.88. The van der Waals surface area contributed by atoms with Gasteiger partial charge in [-0.05, 0) is 13.8 Å². The summed E-state index contributed by atoms with van der Waals surface area (Å²) in [5.74, 6) is 1.16. The van der Waals surface area contributed by atoms with Crippen molar-refractivity contribution in [1.29, 1.82) is 0 Å². The van der Waals surface area contributed by atoms with Gasteiger partial charge in [-0.1, -0.05) is 0 Å². The molecule has 0 bridgehead atoms. The fraction of sp³-hybridized carbons (Fsp3) is 0.364. The van der Waals surface area contributed by atoms with Gasteiger partial charge in [0, 0.05) is 17.1 Å². The molecule has 2 aromatic heterocycles. The summed E-state index contributed by atoms with van der Waals surface area (Å²) in [5, 5.41) is 3.15. The monoisotopic (exact) mass is 250 g/mol. The van der Waals surface area contributed by atoms with Crippen molar-refractivity contribution in [3.8, 4) is 5.88 Å². The predicted molar refractivity (Wildman–Crippen MR) is 67.4 cm³/mol. The van der Waals surface area contributed by atoms with E-state index in [1.54, 1.807) is 23.6 Å². The first-order valence-corrected chi connectivity index (χ1v) is 6.26. The molecule has 0 atom stereocenters. The number of aryl methyl sites for hydroxylation is 1. The molecule has 2 heterocycles. The van der Waals surface area contributed by atoms with Crippen molar-refractivity contribution >= 4 is 17.3 Å².